The Kier molecular flexibility index (Phi) is 13.9. The Hall–Kier alpha value is -1.14. The molecule has 3 unspecified atom stereocenters. The molecule has 0 amide bonds. The zero-order valence-corrected chi connectivity index (χ0v) is 38.2. The standard InChI is InChI=1S/C45H87NO5/c1-24-37(8,9)28-44(22,23)50-33(48)42(18,19)30-43(20,21)46-45(25-31(45)38(10,11)26-35(2,3)4)51-34(49)41(16,17)29-40(14,15)32(47)39(12,13)27-36(5,6)7/h31-32,46-47H,24-30H2,1-23H3. The van der Waals surface area contributed by atoms with E-state index in [9.17, 15) is 14.7 Å². The summed E-state index contributed by atoms with van der Waals surface area (Å²) in [6.45, 7) is 49.1. The lowest BCUT2D eigenvalue weighted by Crippen LogP contribution is -2.55. The van der Waals surface area contributed by atoms with Gasteiger partial charge in [0.2, 0.25) is 0 Å². The minimum Gasteiger partial charge on any atom is -0.459 e. The van der Waals surface area contributed by atoms with Crippen molar-refractivity contribution in [2.24, 2.45) is 49.2 Å². The van der Waals surface area contributed by atoms with Gasteiger partial charge in [0.1, 0.15) is 5.60 Å². The van der Waals surface area contributed by atoms with Crippen molar-refractivity contribution in [3.63, 3.8) is 0 Å². The number of carbonyl (C=O) groups excluding carboxylic acids is 2. The lowest BCUT2D eigenvalue weighted by Gasteiger charge is -2.46. The molecule has 0 heterocycles. The molecule has 302 valence electrons. The van der Waals surface area contributed by atoms with E-state index < -0.39 is 39.2 Å². The average molecular weight is 722 g/mol. The van der Waals surface area contributed by atoms with Gasteiger partial charge in [-0.1, -0.05) is 110 Å². The SMILES string of the molecule is CCC(C)(C)CC(C)(C)OC(=O)C(C)(C)CC(C)(C)NC1(OC(=O)C(C)(C)CC(C)(C)C(O)C(C)(C)CC(C)(C)C)CC1C(C)(C)CC(C)(C)C. The number of rotatable bonds is 18. The molecule has 1 aliphatic carbocycles. The second kappa shape index (κ2) is 14.8. The maximum atomic E-state index is 14.4. The second-order valence-electron chi connectivity index (χ2n) is 24.9. The van der Waals surface area contributed by atoms with Gasteiger partial charge in [-0.2, -0.15) is 0 Å². The second-order valence-corrected chi connectivity index (χ2v) is 24.9. The molecule has 0 spiro atoms. The van der Waals surface area contributed by atoms with E-state index in [1.54, 1.807) is 0 Å². The van der Waals surface area contributed by atoms with Crippen LogP contribution in [0.3, 0.4) is 0 Å². The third-order valence-electron chi connectivity index (χ3n) is 11.2. The quantitative estimate of drug-likeness (QED) is 0.108. The molecular weight excluding hydrogens is 634 g/mol. The normalized spacial score (nSPS) is 21.0. The molecule has 1 aliphatic rings. The zero-order chi connectivity index (χ0) is 40.9. The van der Waals surface area contributed by atoms with Crippen molar-refractivity contribution in [2.75, 3.05) is 0 Å². The first kappa shape index (κ1) is 47.9. The van der Waals surface area contributed by atoms with Crippen molar-refractivity contribution >= 4 is 11.9 Å². The average Bonchev–Trinajstić information content (AvgIpc) is 3.51. The Labute approximate surface area is 317 Å². The summed E-state index contributed by atoms with van der Waals surface area (Å²) in [5, 5.41) is 15.6. The summed E-state index contributed by atoms with van der Waals surface area (Å²) in [5.74, 6) is -0.373. The van der Waals surface area contributed by atoms with Crippen LogP contribution in [-0.2, 0) is 19.1 Å². The Morgan fingerprint density at radius 2 is 1.08 bits per heavy atom. The van der Waals surface area contributed by atoms with Gasteiger partial charge in [0, 0.05) is 17.9 Å². The molecule has 0 radical (unpaired) electrons. The van der Waals surface area contributed by atoms with Gasteiger partial charge in [-0.05, 0) is 120 Å². The first-order chi connectivity index (χ1) is 22.1. The van der Waals surface area contributed by atoms with Gasteiger partial charge in [-0.15, -0.1) is 0 Å². The summed E-state index contributed by atoms with van der Waals surface area (Å²) in [5.41, 5.74) is -4.38. The van der Waals surface area contributed by atoms with Crippen LogP contribution in [-0.4, -0.2) is 40.0 Å². The lowest BCUT2D eigenvalue weighted by atomic mass is 9.62. The van der Waals surface area contributed by atoms with Crippen molar-refractivity contribution in [3.05, 3.63) is 0 Å². The summed E-state index contributed by atoms with van der Waals surface area (Å²) in [6, 6.07) is 0. The monoisotopic (exact) mass is 722 g/mol. The fraction of sp³-hybridized carbons (Fsp3) is 0.956. The molecule has 1 fully saturated rings. The zero-order valence-electron chi connectivity index (χ0n) is 38.2. The van der Waals surface area contributed by atoms with Crippen LogP contribution in [0.15, 0.2) is 0 Å². The topological polar surface area (TPSA) is 84.9 Å². The molecule has 0 aliphatic heterocycles. The largest absolute Gasteiger partial charge is 0.459 e. The van der Waals surface area contributed by atoms with Crippen molar-refractivity contribution < 1.29 is 24.2 Å². The van der Waals surface area contributed by atoms with Crippen LogP contribution in [0.5, 0.6) is 0 Å². The Morgan fingerprint density at radius 3 is 1.51 bits per heavy atom. The van der Waals surface area contributed by atoms with E-state index >= 15 is 0 Å². The van der Waals surface area contributed by atoms with Gasteiger partial charge in [0.15, 0.2) is 5.72 Å². The van der Waals surface area contributed by atoms with Crippen molar-refractivity contribution in [2.45, 2.75) is 227 Å². The number of esters is 2. The molecule has 1 rings (SSSR count). The molecule has 2 N–H and O–H groups in total. The van der Waals surface area contributed by atoms with E-state index in [-0.39, 0.29) is 44.9 Å². The molecule has 0 saturated heterocycles. The predicted octanol–water partition coefficient (Wildman–Crippen LogP) is 11.9. The first-order valence-corrected chi connectivity index (χ1v) is 20.0. The van der Waals surface area contributed by atoms with Crippen molar-refractivity contribution in [1.29, 1.82) is 0 Å². The highest BCUT2D eigenvalue weighted by atomic mass is 16.6. The van der Waals surface area contributed by atoms with E-state index in [0.29, 0.717) is 19.3 Å². The molecule has 51 heavy (non-hydrogen) atoms. The third kappa shape index (κ3) is 14.2. The molecule has 1 saturated carbocycles. The fourth-order valence-electron chi connectivity index (χ4n) is 10.5. The van der Waals surface area contributed by atoms with Crippen LogP contribution in [0.1, 0.15) is 204 Å². The maximum absolute atomic E-state index is 14.4. The molecule has 0 bridgehead atoms. The number of hydrogen-bond acceptors (Lipinski definition) is 6. The number of hydrogen-bond donors (Lipinski definition) is 2. The summed E-state index contributed by atoms with van der Waals surface area (Å²) in [7, 11) is 0. The van der Waals surface area contributed by atoms with Gasteiger partial charge in [0.25, 0.3) is 0 Å². The first-order valence-electron chi connectivity index (χ1n) is 20.0. The van der Waals surface area contributed by atoms with Crippen LogP contribution in [0.25, 0.3) is 0 Å². The van der Waals surface area contributed by atoms with Gasteiger partial charge in [0.05, 0.1) is 16.9 Å². The molecule has 0 aromatic rings. The van der Waals surface area contributed by atoms with Gasteiger partial charge in [-0.3, -0.25) is 14.9 Å². The molecular formula is C45H87NO5. The lowest BCUT2D eigenvalue weighted by molar-refractivity contribution is -0.176. The maximum Gasteiger partial charge on any atom is 0.313 e. The summed E-state index contributed by atoms with van der Waals surface area (Å²) >= 11 is 0. The number of carbonyl (C=O) groups is 2. The van der Waals surface area contributed by atoms with E-state index in [4.69, 9.17) is 9.47 Å². The van der Waals surface area contributed by atoms with Crippen molar-refractivity contribution in [3.8, 4) is 0 Å². The fourth-order valence-corrected chi connectivity index (χ4v) is 10.5. The summed E-state index contributed by atoms with van der Waals surface area (Å²) < 4.78 is 12.9. The van der Waals surface area contributed by atoms with Crippen LogP contribution in [0, 0.1) is 49.2 Å². The highest BCUT2D eigenvalue weighted by Crippen LogP contribution is 2.60. The summed E-state index contributed by atoms with van der Waals surface area (Å²) in [4.78, 5) is 28.2. The van der Waals surface area contributed by atoms with Crippen LogP contribution >= 0.6 is 0 Å². The molecule has 0 aromatic carbocycles. The highest BCUT2D eigenvalue weighted by Gasteiger charge is 2.66. The number of aliphatic hydroxyl groups excluding tert-OH is 1. The Bertz CT molecular complexity index is 1200. The Morgan fingerprint density at radius 1 is 0.647 bits per heavy atom. The predicted molar refractivity (Wildman–Crippen MR) is 215 cm³/mol. The van der Waals surface area contributed by atoms with Gasteiger partial charge >= 0.3 is 11.9 Å². The number of nitrogens with one attached hydrogen (secondary N) is 1. The number of aliphatic hydroxyl groups is 1. The molecule has 3 atom stereocenters. The molecule has 0 aromatic heterocycles. The molecule has 6 nitrogen and oxygen atoms in total. The third-order valence-corrected chi connectivity index (χ3v) is 11.2. The number of ether oxygens (including phenoxy) is 2. The Balaban J connectivity index is 3.41. The van der Waals surface area contributed by atoms with E-state index in [1.165, 1.54) is 0 Å². The van der Waals surface area contributed by atoms with Crippen LogP contribution < -0.4 is 5.32 Å². The minimum atomic E-state index is -0.870. The van der Waals surface area contributed by atoms with Crippen LogP contribution in [0.2, 0.25) is 0 Å². The van der Waals surface area contributed by atoms with Crippen LogP contribution in [0.4, 0.5) is 0 Å². The molecule has 6 heteroatoms. The summed E-state index contributed by atoms with van der Waals surface area (Å²) in [6.07, 6.45) is 4.69. The smallest absolute Gasteiger partial charge is 0.313 e. The van der Waals surface area contributed by atoms with Gasteiger partial charge in [-0.25, -0.2) is 0 Å². The van der Waals surface area contributed by atoms with Gasteiger partial charge < -0.3 is 14.6 Å². The highest BCUT2D eigenvalue weighted by molar-refractivity contribution is 5.77. The van der Waals surface area contributed by atoms with Crippen molar-refractivity contribution in [1.82, 2.24) is 5.32 Å². The van der Waals surface area contributed by atoms with E-state index in [0.717, 1.165) is 25.7 Å². The van der Waals surface area contributed by atoms with E-state index in [2.05, 4.69) is 123 Å². The minimum absolute atomic E-state index is 0.0637. The van der Waals surface area contributed by atoms with E-state index in [1.807, 2.05) is 41.5 Å².